The highest BCUT2D eigenvalue weighted by Gasteiger charge is 2.34. The Morgan fingerprint density at radius 2 is 1.75 bits per heavy atom. The van der Waals surface area contributed by atoms with Gasteiger partial charge in [-0.2, -0.15) is 0 Å². The lowest BCUT2D eigenvalue weighted by Crippen LogP contribution is -2.33. The molecule has 0 spiro atoms. The minimum Gasteiger partial charge on any atom is -0.508 e. The van der Waals surface area contributed by atoms with Crippen LogP contribution in [0.3, 0.4) is 0 Å². The molecule has 0 bridgehead atoms. The Labute approximate surface area is 151 Å². The van der Waals surface area contributed by atoms with E-state index in [1.165, 1.54) is 17.0 Å². The Bertz CT molecular complexity index is 804. The lowest BCUT2D eigenvalue weighted by atomic mass is 10.2. The van der Waals surface area contributed by atoms with E-state index in [0.717, 1.165) is 27.5 Å². The summed E-state index contributed by atoms with van der Waals surface area (Å²) < 4.78 is 0.955. The predicted molar refractivity (Wildman–Crippen MR) is 98.5 cm³/mol. The van der Waals surface area contributed by atoms with Crippen LogP contribution in [0.5, 0.6) is 5.75 Å². The van der Waals surface area contributed by atoms with Crippen molar-refractivity contribution in [2.24, 2.45) is 0 Å². The van der Waals surface area contributed by atoms with Gasteiger partial charge in [0, 0.05) is 10.2 Å². The van der Waals surface area contributed by atoms with Crippen LogP contribution < -0.4 is 5.32 Å². The number of hydrogen-bond donors (Lipinski definition) is 2. The van der Waals surface area contributed by atoms with Gasteiger partial charge < -0.3 is 10.4 Å². The summed E-state index contributed by atoms with van der Waals surface area (Å²) in [5.74, 6) is -0.179. The maximum absolute atomic E-state index is 12.4. The molecular weight excluding hydrogens is 392 g/mol. The van der Waals surface area contributed by atoms with Gasteiger partial charge >= 0.3 is 0 Å². The monoisotopic (exact) mass is 404 g/mol. The van der Waals surface area contributed by atoms with Gasteiger partial charge in [-0.3, -0.25) is 14.5 Å². The largest absolute Gasteiger partial charge is 0.508 e. The van der Waals surface area contributed by atoms with Crippen molar-refractivity contribution in [1.29, 1.82) is 0 Å². The Morgan fingerprint density at radius 1 is 1.08 bits per heavy atom. The first-order valence-corrected chi connectivity index (χ1v) is 8.68. The molecule has 1 saturated heterocycles. The van der Waals surface area contributed by atoms with Crippen LogP contribution in [0, 0.1) is 0 Å². The number of benzene rings is 2. The van der Waals surface area contributed by atoms with Gasteiger partial charge in [0.15, 0.2) is 0 Å². The number of anilines is 1. The molecule has 1 aliphatic rings. The van der Waals surface area contributed by atoms with Crippen LogP contribution in [0.2, 0.25) is 0 Å². The topological polar surface area (TPSA) is 69.6 Å². The number of thioether (sulfide) groups is 1. The summed E-state index contributed by atoms with van der Waals surface area (Å²) in [6, 6.07) is 13.9. The first kappa shape index (κ1) is 16.6. The summed E-state index contributed by atoms with van der Waals surface area (Å²) >= 11 is 4.26. The molecule has 122 valence electrons. The molecule has 3 rings (SSSR count). The molecule has 1 fully saturated rings. The predicted octanol–water partition coefficient (Wildman–Crippen LogP) is 4.26. The first-order chi connectivity index (χ1) is 11.5. The fourth-order valence-corrected chi connectivity index (χ4v) is 3.20. The fraction of sp³-hybridized carbons (Fsp3) is 0.0588. The van der Waals surface area contributed by atoms with Crippen molar-refractivity contribution in [2.45, 2.75) is 0 Å². The smallest absolute Gasteiger partial charge is 0.295 e. The van der Waals surface area contributed by atoms with Gasteiger partial charge in [-0.1, -0.05) is 28.1 Å². The van der Waals surface area contributed by atoms with Gasteiger partial charge in [-0.25, -0.2) is 0 Å². The second kappa shape index (κ2) is 7.11. The minimum absolute atomic E-state index is 0.110. The Kier molecular flexibility index (Phi) is 4.92. The number of carbonyl (C=O) groups excluding carboxylic acids is 2. The molecule has 2 amide bonds. The molecule has 0 aromatic heterocycles. The van der Waals surface area contributed by atoms with Crippen molar-refractivity contribution in [2.75, 3.05) is 12.0 Å². The van der Waals surface area contributed by atoms with Crippen molar-refractivity contribution >= 4 is 50.6 Å². The van der Waals surface area contributed by atoms with Crippen LogP contribution in [0.1, 0.15) is 5.56 Å². The minimum atomic E-state index is -0.331. The number of imide groups is 1. The number of nitrogens with zero attached hydrogens (tertiary/aromatic N) is 1. The molecule has 0 atom stereocenters. The molecule has 24 heavy (non-hydrogen) atoms. The molecule has 0 saturated carbocycles. The third-order valence-electron chi connectivity index (χ3n) is 3.35. The van der Waals surface area contributed by atoms with E-state index in [-0.39, 0.29) is 23.6 Å². The van der Waals surface area contributed by atoms with E-state index >= 15 is 0 Å². The van der Waals surface area contributed by atoms with E-state index < -0.39 is 0 Å². The van der Waals surface area contributed by atoms with Crippen molar-refractivity contribution in [3.8, 4) is 5.75 Å². The van der Waals surface area contributed by atoms with Crippen molar-refractivity contribution < 1.29 is 14.7 Å². The van der Waals surface area contributed by atoms with Crippen LogP contribution in [0.15, 0.2) is 57.9 Å². The number of amides is 2. The van der Waals surface area contributed by atoms with Crippen molar-refractivity contribution in [1.82, 2.24) is 4.90 Å². The molecule has 1 aliphatic heterocycles. The molecule has 2 N–H and O–H groups in total. The van der Waals surface area contributed by atoms with Gasteiger partial charge in [0.2, 0.25) is 0 Å². The maximum Gasteiger partial charge on any atom is 0.295 e. The van der Waals surface area contributed by atoms with Crippen LogP contribution in [0.25, 0.3) is 6.08 Å². The Morgan fingerprint density at radius 3 is 2.42 bits per heavy atom. The number of phenols is 1. The number of carbonyl (C=O) groups is 2. The summed E-state index contributed by atoms with van der Waals surface area (Å²) in [6.07, 6.45) is 1.64. The number of nitrogens with one attached hydrogen (secondary N) is 1. The number of rotatable bonds is 4. The van der Waals surface area contributed by atoms with Gasteiger partial charge in [0.1, 0.15) is 5.75 Å². The van der Waals surface area contributed by atoms with Crippen molar-refractivity contribution in [3.63, 3.8) is 0 Å². The molecule has 5 nitrogen and oxygen atoms in total. The fourth-order valence-electron chi connectivity index (χ4n) is 2.10. The van der Waals surface area contributed by atoms with Crippen LogP contribution in [-0.2, 0) is 4.79 Å². The molecule has 7 heteroatoms. The summed E-state index contributed by atoms with van der Waals surface area (Å²) in [5, 5.41) is 12.0. The van der Waals surface area contributed by atoms with E-state index in [4.69, 9.17) is 0 Å². The first-order valence-electron chi connectivity index (χ1n) is 7.07. The zero-order valence-electron chi connectivity index (χ0n) is 12.4. The van der Waals surface area contributed by atoms with E-state index in [1.54, 1.807) is 18.2 Å². The highest BCUT2D eigenvalue weighted by atomic mass is 79.9. The third kappa shape index (κ3) is 3.80. The average Bonchev–Trinajstić information content (AvgIpc) is 2.83. The van der Waals surface area contributed by atoms with Crippen LogP contribution in [-0.4, -0.2) is 27.8 Å². The van der Waals surface area contributed by atoms with E-state index in [1.807, 2.05) is 24.3 Å². The molecular formula is C17H13BrN2O3S. The summed E-state index contributed by atoms with van der Waals surface area (Å²) in [6.45, 7) is 0.110. The summed E-state index contributed by atoms with van der Waals surface area (Å²) in [4.78, 5) is 26.0. The Balaban J connectivity index is 1.69. The molecule has 0 aliphatic carbocycles. The van der Waals surface area contributed by atoms with E-state index in [2.05, 4.69) is 21.2 Å². The molecule has 2 aromatic carbocycles. The lowest BCUT2D eigenvalue weighted by Gasteiger charge is -2.14. The van der Waals surface area contributed by atoms with Crippen molar-refractivity contribution in [3.05, 3.63) is 63.5 Å². The second-order valence-corrected chi connectivity index (χ2v) is 6.95. The lowest BCUT2D eigenvalue weighted by molar-refractivity contribution is -0.122. The molecule has 0 unspecified atom stereocenters. The van der Waals surface area contributed by atoms with Gasteiger partial charge in [-0.05, 0) is 59.8 Å². The second-order valence-electron chi connectivity index (χ2n) is 5.04. The van der Waals surface area contributed by atoms with E-state index in [9.17, 15) is 14.7 Å². The third-order valence-corrected chi connectivity index (χ3v) is 4.79. The standard InChI is InChI=1S/C17H13BrN2O3S/c18-12-3-5-13(6-4-12)19-10-20-16(22)15(24-17(20)23)9-11-1-7-14(21)8-2-11/h1-9,19,21H,10H2. The average molecular weight is 405 g/mol. The maximum atomic E-state index is 12.4. The normalized spacial score (nSPS) is 16.0. The van der Waals surface area contributed by atoms with Crippen LogP contribution >= 0.6 is 27.7 Å². The zero-order valence-corrected chi connectivity index (χ0v) is 14.8. The summed E-state index contributed by atoms with van der Waals surface area (Å²) in [7, 11) is 0. The number of aromatic hydroxyl groups is 1. The quantitative estimate of drug-likeness (QED) is 0.744. The molecule has 2 aromatic rings. The van der Waals surface area contributed by atoms with Gasteiger partial charge in [0.25, 0.3) is 11.1 Å². The molecule has 1 heterocycles. The van der Waals surface area contributed by atoms with Crippen LogP contribution in [0.4, 0.5) is 10.5 Å². The van der Waals surface area contributed by atoms with E-state index in [0.29, 0.717) is 4.91 Å². The van der Waals surface area contributed by atoms with Gasteiger partial charge in [0.05, 0.1) is 11.6 Å². The number of halogens is 1. The number of hydrogen-bond acceptors (Lipinski definition) is 5. The zero-order chi connectivity index (χ0) is 17.1. The molecule has 0 radical (unpaired) electrons. The highest BCUT2D eigenvalue weighted by molar-refractivity contribution is 9.10. The van der Waals surface area contributed by atoms with Gasteiger partial charge in [-0.15, -0.1) is 0 Å². The highest BCUT2D eigenvalue weighted by Crippen LogP contribution is 2.32. The SMILES string of the molecule is O=C1SC(=Cc2ccc(O)cc2)C(=O)N1CNc1ccc(Br)cc1. The Hall–Kier alpha value is -2.25. The number of phenolic OH excluding ortho intramolecular Hbond substituents is 1. The summed E-state index contributed by atoms with van der Waals surface area (Å²) in [5.41, 5.74) is 1.57.